The number of carbonyl (C=O) groups is 1. The fourth-order valence-corrected chi connectivity index (χ4v) is 0.803. The Labute approximate surface area is 95.4 Å². The van der Waals surface area contributed by atoms with Crippen LogP contribution in [0, 0.1) is 0 Å². The van der Waals surface area contributed by atoms with Crippen LogP contribution in [-0.2, 0) is 4.79 Å². The molecule has 66 valence electrons. The van der Waals surface area contributed by atoms with Crippen LogP contribution in [0.4, 0.5) is 0 Å². The van der Waals surface area contributed by atoms with Crippen molar-refractivity contribution in [1.29, 1.82) is 0 Å². The summed E-state index contributed by atoms with van der Waals surface area (Å²) in [5.41, 5.74) is 5.96. The van der Waals surface area contributed by atoms with Crippen LogP contribution >= 0.6 is 0 Å². The van der Waals surface area contributed by atoms with Crippen molar-refractivity contribution in [3.63, 3.8) is 0 Å². The molecule has 1 aromatic rings. The molecule has 13 heavy (non-hydrogen) atoms. The van der Waals surface area contributed by atoms with Crippen molar-refractivity contribution in [3.8, 4) is 0 Å². The maximum atomic E-state index is 10.4. The summed E-state index contributed by atoms with van der Waals surface area (Å²) in [6.07, 6.45) is 0. The maximum absolute atomic E-state index is 10.4. The number of carboxylic acids is 1. The van der Waals surface area contributed by atoms with E-state index in [4.69, 9.17) is 10.8 Å². The monoisotopic (exact) mass is 189 g/mol. The Morgan fingerprint density at radius 3 is 2.23 bits per heavy atom. The third-order valence-electron chi connectivity index (χ3n) is 1.42. The number of nitrogens with two attached hydrogens (primary N) is 1. The molecule has 0 aromatic heterocycles. The average molecular weight is 189 g/mol. The Bertz CT molecular complexity index is 251. The summed E-state index contributed by atoms with van der Waals surface area (Å²) in [6.45, 7) is 0. The number of aliphatic carboxylic acids is 1. The second-order valence-corrected chi connectivity index (χ2v) is 2.23. The summed E-state index contributed by atoms with van der Waals surface area (Å²) >= 11 is 1.31. The van der Waals surface area contributed by atoms with Gasteiger partial charge in [-0.15, -0.1) is 0 Å². The Hall–Kier alpha value is -0.350. The Kier molecular flexibility index (Phi) is 6.90. The number of rotatable bonds is 2. The first kappa shape index (κ1) is 12.7. The van der Waals surface area contributed by atoms with E-state index in [1.165, 1.54) is 27.9 Å². The molecule has 0 aliphatic carbocycles. The summed E-state index contributed by atoms with van der Waals surface area (Å²) < 4.78 is 2.14. The zero-order valence-corrected chi connectivity index (χ0v) is 9.90. The van der Waals surface area contributed by atoms with Gasteiger partial charge < -0.3 is 10.8 Å². The molecule has 0 heterocycles. The van der Waals surface area contributed by atoms with Crippen molar-refractivity contribution in [2.75, 3.05) is 0 Å². The van der Waals surface area contributed by atoms with E-state index in [0.29, 0.717) is 5.56 Å². The van der Waals surface area contributed by atoms with Crippen molar-refractivity contribution < 1.29 is 9.90 Å². The van der Waals surface area contributed by atoms with Crippen LogP contribution in [0.3, 0.4) is 0 Å². The molecule has 1 atom stereocenters. The standard InChI is InChI=1S/C8H9NO2.CH3.Na/c9-7(8(10)11)6-4-2-1-3-5-6;;/h1-5,7H,9H2,(H,10,11);1H3;/t7-;;/m0../s1. The summed E-state index contributed by atoms with van der Waals surface area (Å²) in [7, 11) is 0. The second-order valence-electron chi connectivity index (χ2n) is 2.23. The molecular weight excluding hydrogens is 177 g/mol. The van der Waals surface area contributed by atoms with E-state index in [9.17, 15) is 4.79 Å². The number of hydrogen-bond donors (Lipinski definition) is 2. The van der Waals surface area contributed by atoms with Gasteiger partial charge in [0.1, 0.15) is 6.04 Å². The zero-order chi connectivity index (χ0) is 10.3. The summed E-state index contributed by atoms with van der Waals surface area (Å²) in [4.78, 5) is 10.4. The molecule has 0 unspecified atom stereocenters. The Morgan fingerprint density at radius 1 is 1.38 bits per heavy atom. The first-order valence-electron chi connectivity index (χ1n) is 4.25. The van der Waals surface area contributed by atoms with Crippen molar-refractivity contribution in [2.45, 2.75) is 10.2 Å². The van der Waals surface area contributed by atoms with Gasteiger partial charge in [-0.2, -0.15) is 0 Å². The second kappa shape index (κ2) is 7.09. The van der Waals surface area contributed by atoms with Crippen LogP contribution in [0.1, 0.15) is 11.6 Å². The fourth-order valence-electron chi connectivity index (χ4n) is 0.803. The molecule has 0 amide bonds. The molecule has 3 N–H and O–H groups in total. The summed E-state index contributed by atoms with van der Waals surface area (Å²) in [5.74, 6) is -1.00. The molecule has 0 radical (unpaired) electrons. The molecule has 0 fully saturated rings. The summed E-state index contributed by atoms with van der Waals surface area (Å²) in [6, 6.07) is 7.82. The molecule has 0 aliphatic heterocycles. The zero-order valence-electron chi connectivity index (χ0n) is 7.90. The topological polar surface area (TPSA) is 63.3 Å². The molecule has 4 heteroatoms. The van der Waals surface area contributed by atoms with Gasteiger partial charge in [0.2, 0.25) is 0 Å². The predicted octanol–water partition coefficient (Wildman–Crippen LogP) is 0.974. The van der Waals surface area contributed by atoms with E-state index in [-0.39, 0.29) is 0 Å². The van der Waals surface area contributed by atoms with Crippen molar-refractivity contribution in [3.05, 3.63) is 35.9 Å². The van der Waals surface area contributed by atoms with Gasteiger partial charge in [-0.05, 0) is 5.56 Å². The quantitative estimate of drug-likeness (QED) is 0.681. The van der Waals surface area contributed by atoms with Crippen LogP contribution < -0.4 is 5.73 Å². The molecule has 0 bridgehead atoms. The molecule has 0 spiro atoms. The van der Waals surface area contributed by atoms with Crippen LogP contribution in [-0.4, -0.2) is 39.0 Å². The molecular formula is C9H12NNaO2. The third kappa shape index (κ3) is 4.43. The van der Waals surface area contributed by atoms with Gasteiger partial charge in [-0.3, -0.25) is 4.79 Å². The number of hydrogen-bond acceptors (Lipinski definition) is 2. The van der Waals surface area contributed by atoms with Crippen LogP contribution in [0.2, 0.25) is 4.17 Å². The van der Waals surface area contributed by atoms with E-state index in [2.05, 4.69) is 4.17 Å². The van der Waals surface area contributed by atoms with Crippen LogP contribution in [0.25, 0.3) is 0 Å². The van der Waals surface area contributed by atoms with Gasteiger partial charge in [-0.1, -0.05) is 30.3 Å². The Morgan fingerprint density at radius 2 is 1.85 bits per heavy atom. The molecule has 0 aliphatic rings. The average Bonchev–Trinajstić information content (AvgIpc) is 2.21. The summed E-state index contributed by atoms with van der Waals surface area (Å²) in [5, 5.41) is 8.51. The predicted molar refractivity (Wildman–Crippen MR) is 52.6 cm³/mol. The van der Waals surface area contributed by atoms with E-state index < -0.39 is 12.0 Å². The van der Waals surface area contributed by atoms with Gasteiger partial charge >= 0.3 is 38.1 Å². The minimum absolute atomic E-state index is 0.625. The van der Waals surface area contributed by atoms with E-state index in [0.717, 1.165) is 0 Å². The number of carboxylic acid groups (broad SMARTS) is 1. The van der Waals surface area contributed by atoms with Gasteiger partial charge in [0.15, 0.2) is 0 Å². The van der Waals surface area contributed by atoms with E-state index >= 15 is 0 Å². The fraction of sp³-hybridized carbons (Fsp3) is 0.222. The normalized spacial score (nSPS) is 11.1. The van der Waals surface area contributed by atoms with Gasteiger partial charge in [-0.25, -0.2) is 0 Å². The van der Waals surface area contributed by atoms with Gasteiger partial charge in [0.25, 0.3) is 0 Å². The van der Waals surface area contributed by atoms with Crippen molar-refractivity contribution >= 4 is 33.9 Å². The number of benzene rings is 1. The van der Waals surface area contributed by atoms with Crippen LogP contribution in [0.5, 0.6) is 0 Å². The molecule has 1 rings (SSSR count). The van der Waals surface area contributed by atoms with Crippen molar-refractivity contribution in [2.24, 2.45) is 5.73 Å². The molecule has 0 saturated carbocycles. The Balaban J connectivity index is 0.000000671. The van der Waals surface area contributed by atoms with E-state index in [1.807, 2.05) is 6.07 Å². The SMILES string of the molecule is N[C@H](C(=O)O)c1ccccc1.[CH3][Na]. The first-order chi connectivity index (χ1) is 6.22. The van der Waals surface area contributed by atoms with Crippen LogP contribution in [0.15, 0.2) is 30.3 Å². The van der Waals surface area contributed by atoms with E-state index in [1.54, 1.807) is 24.3 Å². The molecule has 3 nitrogen and oxygen atoms in total. The molecule has 1 aromatic carbocycles. The minimum atomic E-state index is -1.00. The van der Waals surface area contributed by atoms with Gasteiger partial charge in [0.05, 0.1) is 0 Å². The third-order valence-corrected chi connectivity index (χ3v) is 1.42. The van der Waals surface area contributed by atoms with Crippen molar-refractivity contribution in [1.82, 2.24) is 0 Å². The van der Waals surface area contributed by atoms with Gasteiger partial charge in [0, 0.05) is 0 Å². The first-order valence-corrected chi connectivity index (χ1v) is 6.25. The molecule has 0 saturated heterocycles.